The molecule has 0 radical (unpaired) electrons. The molecule has 100 valence electrons. The van der Waals surface area contributed by atoms with Crippen molar-refractivity contribution in [3.63, 3.8) is 0 Å². The number of rotatable bonds is 5. The van der Waals surface area contributed by atoms with E-state index in [1.165, 1.54) is 6.92 Å². The highest BCUT2D eigenvalue weighted by atomic mass is 16.2. The molecule has 1 unspecified atom stereocenters. The average Bonchev–Trinajstić information content (AvgIpc) is 2.36. The van der Waals surface area contributed by atoms with Crippen molar-refractivity contribution >= 4 is 11.8 Å². The minimum atomic E-state index is -0.337. The maximum Gasteiger partial charge on any atom is 0.223 e. The summed E-state index contributed by atoms with van der Waals surface area (Å²) in [6, 6.07) is 7.37. The molecule has 0 spiro atoms. The van der Waals surface area contributed by atoms with E-state index in [0.717, 1.165) is 11.1 Å². The fourth-order valence-electron chi connectivity index (χ4n) is 1.70. The highest BCUT2D eigenvalue weighted by molar-refractivity contribution is 5.79. The third-order valence-corrected chi connectivity index (χ3v) is 2.63. The molecule has 19 heavy (non-hydrogen) atoms. The van der Waals surface area contributed by atoms with Crippen molar-refractivity contribution in [2.45, 2.75) is 26.3 Å². The highest BCUT2D eigenvalue weighted by Gasteiger charge is 2.16. The quantitative estimate of drug-likeness (QED) is 0.782. The Morgan fingerprint density at radius 1 is 1.32 bits per heavy atom. The molecule has 4 heteroatoms. The largest absolute Gasteiger partial charge is 0.349 e. The molecular formula is C15H18N2O2. The van der Waals surface area contributed by atoms with Gasteiger partial charge in [-0.15, -0.1) is 6.42 Å². The van der Waals surface area contributed by atoms with Gasteiger partial charge in [-0.1, -0.05) is 35.7 Å². The Morgan fingerprint density at radius 3 is 2.47 bits per heavy atom. The summed E-state index contributed by atoms with van der Waals surface area (Å²) in [4.78, 5) is 22.9. The van der Waals surface area contributed by atoms with E-state index in [9.17, 15) is 9.59 Å². The topological polar surface area (TPSA) is 58.2 Å². The van der Waals surface area contributed by atoms with Gasteiger partial charge in [0.05, 0.1) is 19.0 Å². The number of carbonyl (C=O) groups excluding carboxylic acids is 2. The van der Waals surface area contributed by atoms with Crippen LogP contribution in [0.15, 0.2) is 24.3 Å². The molecule has 0 saturated carbocycles. The summed E-state index contributed by atoms with van der Waals surface area (Å²) < 4.78 is 0. The first-order valence-corrected chi connectivity index (χ1v) is 6.06. The molecule has 0 aliphatic rings. The van der Waals surface area contributed by atoms with E-state index in [0.29, 0.717) is 0 Å². The SMILES string of the molecule is C#CCNC(=O)CC(NC(C)=O)c1ccc(C)cc1. The van der Waals surface area contributed by atoms with Crippen LogP contribution in [0.4, 0.5) is 0 Å². The Hall–Kier alpha value is -2.28. The molecule has 0 aromatic heterocycles. The van der Waals surface area contributed by atoms with Crippen LogP contribution in [0.1, 0.15) is 30.5 Å². The van der Waals surface area contributed by atoms with Gasteiger partial charge in [0.2, 0.25) is 11.8 Å². The van der Waals surface area contributed by atoms with Crippen LogP contribution in [0.5, 0.6) is 0 Å². The first kappa shape index (κ1) is 14.8. The fraction of sp³-hybridized carbons (Fsp3) is 0.333. The smallest absolute Gasteiger partial charge is 0.223 e. The molecule has 4 nitrogen and oxygen atoms in total. The summed E-state index contributed by atoms with van der Waals surface area (Å²) in [7, 11) is 0. The van der Waals surface area contributed by atoms with E-state index in [2.05, 4.69) is 16.6 Å². The second-order valence-corrected chi connectivity index (χ2v) is 4.35. The van der Waals surface area contributed by atoms with Crippen molar-refractivity contribution in [1.82, 2.24) is 10.6 Å². The second-order valence-electron chi connectivity index (χ2n) is 4.35. The maximum absolute atomic E-state index is 11.7. The van der Waals surface area contributed by atoms with E-state index in [1.54, 1.807) is 0 Å². The van der Waals surface area contributed by atoms with E-state index in [-0.39, 0.29) is 30.8 Å². The summed E-state index contributed by atoms with van der Waals surface area (Å²) >= 11 is 0. The zero-order valence-corrected chi connectivity index (χ0v) is 11.2. The van der Waals surface area contributed by atoms with Gasteiger partial charge >= 0.3 is 0 Å². The van der Waals surface area contributed by atoms with Crippen molar-refractivity contribution in [1.29, 1.82) is 0 Å². The van der Waals surface area contributed by atoms with Crippen molar-refractivity contribution in [3.05, 3.63) is 35.4 Å². The number of aryl methyl sites for hydroxylation is 1. The third-order valence-electron chi connectivity index (χ3n) is 2.63. The standard InChI is InChI=1S/C15H18N2O2/c1-4-9-16-15(19)10-14(17-12(3)18)13-7-5-11(2)6-8-13/h1,5-8,14H,9-10H2,2-3H3,(H,16,19)(H,17,18). The van der Waals surface area contributed by atoms with Crippen LogP contribution < -0.4 is 10.6 Å². The first-order chi connectivity index (χ1) is 9.02. The molecule has 2 amide bonds. The highest BCUT2D eigenvalue weighted by Crippen LogP contribution is 2.17. The number of amides is 2. The van der Waals surface area contributed by atoms with Gasteiger partial charge in [-0.2, -0.15) is 0 Å². The van der Waals surface area contributed by atoms with Crippen LogP contribution in [0.2, 0.25) is 0 Å². The maximum atomic E-state index is 11.7. The number of terminal acetylenes is 1. The second kappa shape index (κ2) is 7.22. The molecule has 0 fully saturated rings. The van der Waals surface area contributed by atoms with Crippen LogP contribution in [0.25, 0.3) is 0 Å². The number of nitrogens with one attached hydrogen (secondary N) is 2. The van der Waals surface area contributed by atoms with Gasteiger partial charge in [0.15, 0.2) is 0 Å². The Kier molecular flexibility index (Phi) is 5.62. The Balaban J connectivity index is 2.77. The number of hydrogen-bond acceptors (Lipinski definition) is 2. The first-order valence-electron chi connectivity index (χ1n) is 6.06. The van der Waals surface area contributed by atoms with Gasteiger partial charge in [-0.25, -0.2) is 0 Å². The zero-order chi connectivity index (χ0) is 14.3. The van der Waals surface area contributed by atoms with Crippen molar-refractivity contribution in [2.24, 2.45) is 0 Å². The average molecular weight is 258 g/mol. The van der Waals surface area contributed by atoms with E-state index in [1.807, 2.05) is 31.2 Å². The Bertz CT molecular complexity index is 486. The van der Waals surface area contributed by atoms with Crippen LogP contribution in [0.3, 0.4) is 0 Å². The summed E-state index contributed by atoms with van der Waals surface area (Å²) in [6.45, 7) is 3.61. The van der Waals surface area contributed by atoms with Crippen LogP contribution in [-0.2, 0) is 9.59 Å². The third kappa shape index (κ3) is 5.26. The van der Waals surface area contributed by atoms with Crippen molar-refractivity contribution in [3.8, 4) is 12.3 Å². The molecule has 0 aliphatic carbocycles. The summed E-state index contributed by atoms with van der Waals surface area (Å²) in [6.07, 6.45) is 5.25. The molecule has 0 heterocycles. The lowest BCUT2D eigenvalue weighted by Gasteiger charge is -2.18. The van der Waals surface area contributed by atoms with Gasteiger partial charge in [-0.3, -0.25) is 9.59 Å². The fourth-order valence-corrected chi connectivity index (χ4v) is 1.70. The van der Waals surface area contributed by atoms with Gasteiger partial charge in [0.25, 0.3) is 0 Å². The van der Waals surface area contributed by atoms with Gasteiger partial charge in [0.1, 0.15) is 0 Å². The lowest BCUT2D eigenvalue weighted by molar-refractivity contribution is -0.122. The van der Waals surface area contributed by atoms with Crippen molar-refractivity contribution in [2.75, 3.05) is 6.54 Å². The molecule has 1 atom stereocenters. The number of carbonyl (C=O) groups is 2. The monoisotopic (exact) mass is 258 g/mol. The van der Waals surface area contributed by atoms with Crippen LogP contribution in [-0.4, -0.2) is 18.4 Å². The number of hydrogen-bond donors (Lipinski definition) is 2. The summed E-state index contributed by atoms with van der Waals surface area (Å²) in [5, 5.41) is 5.36. The van der Waals surface area contributed by atoms with Gasteiger partial charge < -0.3 is 10.6 Å². The minimum absolute atomic E-state index is 0.171. The molecule has 1 rings (SSSR count). The summed E-state index contributed by atoms with van der Waals surface area (Å²) in [5.41, 5.74) is 2.03. The molecule has 0 saturated heterocycles. The van der Waals surface area contributed by atoms with E-state index in [4.69, 9.17) is 6.42 Å². The minimum Gasteiger partial charge on any atom is -0.349 e. The lowest BCUT2D eigenvalue weighted by Crippen LogP contribution is -2.32. The molecule has 0 bridgehead atoms. The predicted molar refractivity (Wildman–Crippen MR) is 74.2 cm³/mol. The van der Waals surface area contributed by atoms with Crippen molar-refractivity contribution < 1.29 is 9.59 Å². The molecule has 1 aromatic carbocycles. The Morgan fingerprint density at radius 2 is 1.95 bits per heavy atom. The van der Waals surface area contributed by atoms with Crippen LogP contribution in [0, 0.1) is 19.3 Å². The molecule has 0 aliphatic heterocycles. The number of benzene rings is 1. The van der Waals surface area contributed by atoms with E-state index >= 15 is 0 Å². The molecular weight excluding hydrogens is 240 g/mol. The predicted octanol–water partition coefficient (Wildman–Crippen LogP) is 1.31. The zero-order valence-electron chi connectivity index (χ0n) is 11.2. The van der Waals surface area contributed by atoms with Gasteiger partial charge in [0, 0.05) is 6.92 Å². The van der Waals surface area contributed by atoms with Gasteiger partial charge in [-0.05, 0) is 12.5 Å². The van der Waals surface area contributed by atoms with Crippen LogP contribution >= 0.6 is 0 Å². The Labute approximate surface area is 113 Å². The molecule has 1 aromatic rings. The summed E-state index contributed by atoms with van der Waals surface area (Å²) in [5.74, 6) is 1.99. The normalized spacial score (nSPS) is 11.2. The molecule has 2 N–H and O–H groups in total. The van der Waals surface area contributed by atoms with E-state index < -0.39 is 0 Å². The lowest BCUT2D eigenvalue weighted by atomic mass is 10.0.